The Hall–Kier alpha value is -2.45. The smallest absolute Gasteiger partial charge is 0.251 e. The number of benzene rings is 1. The Morgan fingerprint density at radius 3 is 2.48 bits per heavy atom. The predicted octanol–water partition coefficient (Wildman–Crippen LogP) is 0.879. The molecule has 0 bridgehead atoms. The van der Waals surface area contributed by atoms with Gasteiger partial charge in [-0.25, -0.2) is 13.6 Å². The van der Waals surface area contributed by atoms with Crippen LogP contribution >= 0.6 is 0 Å². The van der Waals surface area contributed by atoms with Crippen molar-refractivity contribution in [1.82, 2.24) is 10.3 Å². The summed E-state index contributed by atoms with van der Waals surface area (Å²) < 4.78 is 22.3. The quantitative estimate of drug-likeness (QED) is 0.679. The van der Waals surface area contributed by atoms with Crippen molar-refractivity contribution in [2.45, 2.75) is 11.8 Å². The number of hydrogen-bond acceptors (Lipinski definition) is 5. The summed E-state index contributed by atoms with van der Waals surface area (Å²) in [6, 6.07) is 7.33. The van der Waals surface area contributed by atoms with Crippen molar-refractivity contribution in [3.63, 3.8) is 0 Å². The van der Waals surface area contributed by atoms with Gasteiger partial charge in [-0.05, 0) is 42.8 Å². The number of sulfonamides is 1. The van der Waals surface area contributed by atoms with E-state index in [2.05, 4.69) is 15.6 Å². The van der Waals surface area contributed by atoms with E-state index in [9.17, 15) is 13.2 Å². The number of amides is 1. The second-order valence-electron chi connectivity index (χ2n) is 4.94. The highest BCUT2D eigenvalue weighted by Crippen LogP contribution is 2.11. The van der Waals surface area contributed by atoms with Gasteiger partial charge in [0.2, 0.25) is 10.0 Å². The number of carbonyl (C=O) groups excluding carboxylic acids is 1. The second kappa shape index (κ2) is 7.21. The number of hydrogen-bond donors (Lipinski definition) is 3. The van der Waals surface area contributed by atoms with Crippen LogP contribution in [0.15, 0.2) is 47.6 Å². The molecule has 1 heterocycles. The average Bonchev–Trinajstić information content (AvgIpc) is 2.52. The van der Waals surface area contributed by atoms with Crippen LogP contribution in [0, 0.1) is 6.92 Å². The number of aryl methyl sites for hydroxylation is 1. The van der Waals surface area contributed by atoms with E-state index < -0.39 is 10.0 Å². The molecule has 1 amide bonds. The fourth-order valence-corrected chi connectivity index (χ4v) is 2.46. The number of anilines is 1. The Morgan fingerprint density at radius 1 is 1.17 bits per heavy atom. The van der Waals surface area contributed by atoms with Gasteiger partial charge in [0.1, 0.15) is 0 Å². The molecule has 0 atom stereocenters. The standard InChI is InChI=1S/C15H18N4O3S/c1-11-10-17-7-6-14(11)18-8-9-19-15(20)12-2-4-13(5-3-12)23(16,21)22/h2-7,10H,8-9H2,1H3,(H,17,18)(H,19,20)(H2,16,21,22). The lowest BCUT2D eigenvalue weighted by atomic mass is 10.2. The van der Waals surface area contributed by atoms with Gasteiger partial charge in [0, 0.05) is 36.7 Å². The van der Waals surface area contributed by atoms with E-state index in [1.165, 1.54) is 24.3 Å². The van der Waals surface area contributed by atoms with E-state index in [-0.39, 0.29) is 10.8 Å². The molecule has 4 N–H and O–H groups in total. The van der Waals surface area contributed by atoms with Crippen molar-refractivity contribution < 1.29 is 13.2 Å². The lowest BCUT2D eigenvalue weighted by Crippen LogP contribution is -2.28. The van der Waals surface area contributed by atoms with Gasteiger partial charge >= 0.3 is 0 Å². The SMILES string of the molecule is Cc1cnccc1NCCNC(=O)c1ccc(S(N)(=O)=O)cc1. The zero-order chi connectivity index (χ0) is 16.9. The van der Waals surface area contributed by atoms with Crippen molar-refractivity contribution in [1.29, 1.82) is 0 Å². The predicted molar refractivity (Wildman–Crippen MR) is 87.6 cm³/mol. The van der Waals surface area contributed by atoms with Crippen molar-refractivity contribution in [2.24, 2.45) is 5.14 Å². The minimum atomic E-state index is -3.75. The van der Waals surface area contributed by atoms with Crippen LogP contribution in [0.3, 0.4) is 0 Å². The molecular weight excluding hydrogens is 316 g/mol. The molecule has 0 fully saturated rings. The Morgan fingerprint density at radius 2 is 1.87 bits per heavy atom. The van der Waals surface area contributed by atoms with Gasteiger partial charge in [0.15, 0.2) is 0 Å². The van der Waals surface area contributed by atoms with Gasteiger partial charge in [-0.15, -0.1) is 0 Å². The summed E-state index contributed by atoms with van der Waals surface area (Å²) in [4.78, 5) is 15.9. The lowest BCUT2D eigenvalue weighted by Gasteiger charge is -2.10. The molecule has 1 aromatic carbocycles. The van der Waals surface area contributed by atoms with Gasteiger partial charge in [-0.3, -0.25) is 9.78 Å². The third-order valence-corrected chi connectivity index (χ3v) is 4.12. The van der Waals surface area contributed by atoms with Crippen LogP contribution < -0.4 is 15.8 Å². The summed E-state index contributed by atoms with van der Waals surface area (Å²) >= 11 is 0. The largest absolute Gasteiger partial charge is 0.383 e. The summed E-state index contributed by atoms with van der Waals surface area (Å²) in [5, 5.41) is 11.0. The van der Waals surface area contributed by atoms with E-state index in [4.69, 9.17) is 5.14 Å². The van der Waals surface area contributed by atoms with Crippen LogP contribution in [0.2, 0.25) is 0 Å². The first kappa shape index (κ1) is 16.9. The second-order valence-corrected chi connectivity index (χ2v) is 6.50. The summed E-state index contributed by atoms with van der Waals surface area (Å²) in [7, 11) is -3.75. The molecule has 1 aromatic heterocycles. The van der Waals surface area contributed by atoms with Crippen LogP contribution in [0.5, 0.6) is 0 Å². The van der Waals surface area contributed by atoms with Gasteiger partial charge < -0.3 is 10.6 Å². The number of nitrogens with one attached hydrogen (secondary N) is 2. The van der Waals surface area contributed by atoms with Crippen molar-refractivity contribution in [2.75, 3.05) is 18.4 Å². The highest BCUT2D eigenvalue weighted by Gasteiger charge is 2.09. The van der Waals surface area contributed by atoms with Gasteiger partial charge in [0.25, 0.3) is 5.91 Å². The molecule has 0 aliphatic heterocycles. The fraction of sp³-hybridized carbons (Fsp3) is 0.200. The lowest BCUT2D eigenvalue weighted by molar-refractivity contribution is 0.0955. The monoisotopic (exact) mass is 334 g/mol. The molecule has 0 unspecified atom stereocenters. The first-order chi connectivity index (χ1) is 10.9. The summed E-state index contributed by atoms with van der Waals surface area (Å²) in [6.07, 6.45) is 3.45. The van der Waals surface area contributed by atoms with E-state index in [0.29, 0.717) is 18.7 Å². The maximum atomic E-state index is 12.0. The Labute approximate surface area is 135 Å². The molecule has 0 aliphatic carbocycles. The molecule has 0 spiro atoms. The summed E-state index contributed by atoms with van der Waals surface area (Å²) in [5.41, 5.74) is 2.36. The molecule has 0 radical (unpaired) electrons. The maximum Gasteiger partial charge on any atom is 0.251 e. The first-order valence-electron chi connectivity index (χ1n) is 6.93. The Bertz CT molecular complexity index is 789. The Balaban J connectivity index is 1.84. The van der Waals surface area contributed by atoms with Gasteiger partial charge in [0.05, 0.1) is 4.90 Å². The highest BCUT2D eigenvalue weighted by atomic mass is 32.2. The van der Waals surface area contributed by atoms with E-state index >= 15 is 0 Å². The third-order valence-electron chi connectivity index (χ3n) is 3.19. The van der Waals surface area contributed by atoms with Gasteiger partial charge in [-0.2, -0.15) is 0 Å². The number of nitrogens with zero attached hydrogens (tertiary/aromatic N) is 1. The molecule has 8 heteroatoms. The number of aromatic nitrogens is 1. The fourth-order valence-electron chi connectivity index (χ4n) is 1.94. The van der Waals surface area contributed by atoms with Crippen molar-refractivity contribution >= 4 is 21.6 Å². The Kier molecular flexibility index (Phi) is 5.30. The van der Waals surface area contributed by atoms with E-state index in [1.807, 2.05) is 13.0 Å². The van der Waals surface area contributed by atoms with Crippen LogP contribution in [0.25, 0.3) is 0 Å². The van der Waals surface area contributed by atoms with Gasteiger partial charge in [-0.1, -0.05) is 0 Å². The number of rotatable bonds is 6. The van der Waals surface area contributed by atoms with Crippen LogP contribution in [-0.4, -0.2) is 32.4 Å². The zero-order valence-electron chi connectivity index (χ0n) is 12.6. The highest BCUT2D eigenvalue weighted by molar-refractivity contribution is 7.89. The molecule has 0 saturated heterocycles. The first-order valence-corrected chi connectivity index (χ1v) is 8.48. The molecule has 7 nitrogen and oxygen atoms in total. The van der Waals surface area contributed by atoms with Crippen LogP contribution in [-0.2, 0) is 10.0 Å². The van der Waals surface area contributed by atoms with E-state index in [0.717, 1.165) is 11.3 Å². The minimum Gasteiger partial charge on any atom is -0.383 e. The normalized spacial score (nSPS) is 11.0. The minimum absolute atomic E-state index is 0.0242. The summed E-state index contributed by atoms with van der Waals surface area (Å²) in [6.45, 7) is 2.93. The molecular formula is C15H18N4O3S. The molecule has 0 aliphatic rings. The van der Waals surface area contributed by atoms with Crippen molar-refractivity contribution in [3.05, 3.63) is 53.9 Å². The third kappa shape index (κ3) is 4.76. The summed E-state index contributed by atoms with van der Waals surface area (Å²) in [5.74, 6) is -0.279. The van der Waals surface area contributed by atoms with Crippen LogP contribution in [0.4, 0.5) is 5.69 Å². The molecule has 122 valence electrons. The zero-order valence-corrected chi connectivity index (χ0v) is 13.4. The number of carbonyl (C=O) groups is 1. The molecule has 0 saturated carbocycles. The molecule has 23 heavy (non-hydrogen) atoms. The maximum absolute atomic E-state index is 12.0. The topological polar surface area (TPSA) is 114 Å². The number of nitrogens with two attached hydrogens (primary N) is 1. The van der Waals surface area contributed by atoms with E-state index in [1.54, 1.807) is 12.4 Å². The number of pyridine rings is 1. The average molecular weight is 334 g/mol. The van der Waals surface area contributed by atoms with Crippen molar-refractivity contribution in [3.8, 4) is 0 Å². The molecule has 2 rings (SSSR count). The number of primary sulfonamides is 1. The van der Waals surface area contributed by atoms with Crippen LogP contribution in [0.1, 0.15) is 15.9 Å². The molecule has 2 aromatic rings.